The van der Waals surface area contributed by atoms with E-state index < -0.39 is 0 Å². The summed E-state index contributed by atoms with van der Waals surface area (Å²) in [5.74, 6) is 0.539. The van der Waals surface area contributed by atoms with Gasteiger partial charge in [-0.25, -0.2) is 0 Å². The van der Waals surface area contributed by atoms with Crippen molar-refractivity contribution in [3.63, 3.8) is 0 Å². The zero-order valence-electron chi connectivity index (χ0n) is 11.9. The first-order valence-corrected chi connectivity index (χ1v) is 7.11. The lowest BCUT2D eigenvalue weighted by Gasteiger charge is -2.34. The van der Waals surface area contributed by atoms with Crippen molar-refractivity contribution >= 4 is 0 Å². The monoisotopic (exact) mass is 246 g/mol. The molecule has 1 aromatic carbocycles. The van der Waals surface area contributed by atoms with Gasteiger partial charge in [0.1, 0.15) is 0 Å². The molecule has 1 unspecified atom stereocenters. The van der Waals surface area contributed by atoms with Crippen molar-refractivity contribution in [2.24, 2.45) is 11.7 Å². The van der Waals surface area contributed by atoms with Gasteiger partial charge in [-0.2, -0.15) is 0 Å². The number of rotatable bonds is 5. The van der Waals surface area contributed by atoms with Crippen molar-refractivity contribution < 1.29 is 0 Å². The Hall–Kier alpha value is -0.860. The van der Waals surface area contributed by atoms with Crippen molar-refractivity contribution in [2.45, 2.75) is 52.1 Å². The number of aryl methyl sites for hydroxylation is 2. The van der Waals surface area contributed by atoms with Gasteiger partial charge in [0, 0.05) is 18.6 Å². The van der Waals surface area contributed by atoms with Gasteiger partial charge in [-0.1, -0.05) is 32.0 Å². The highest BCUT2D eigenvalue weighted by molar-refractivity contribution is 5.35. The minimum Gasteiger partial charge on any atom is -0.329 e. The van der Waals surface area contributed by atoms with Crippen molar-refractivity contribution in [1.29, 1.82) is 0 Å². The molecule has 0 bridgehead atoms. The van der Waals surface area contributed by atoms with E-state index in [1.54, 1.807) is 11.1 Å². The highest BCUT2D eigenvalue weighted by Gasteiger charge is 2.25. The van der Waals surface area contributed by atoms with E-state index in [2.05, 4.69) is 44.3 Å². The zero-order valence-corrected chi connectivity index (χ0v) is 11.9. The van der Waals surface area contributed by atoms with Crippen LogP contribution in [0.2, 0.25) is 0 Å². The average molecular weight is 246 g/mol. The van der Waals surface area contributed by atoms with Crippen LogP contribution < -0.4 is 11.1 Å². The number of fused-ring (bicyclic) bond motifs is 1. The largest absolute Gasteiger partial charge is 0.329 e. The van der Waals surface area contributed by atoms with Crippen molar-refractivity contribution in [1.82, 2.24) is 5.32 Å². The molecule has 18 heavy (non-hydrogen) atoms. The predicted molar refractivity (Wildman–Crippen MR) is 77.6 cm³/mol. The van der Waals surface area contributed by atoms with E-state index in [0.29, 0.717) is 12.5 Å². The first-order chi connectivity index (χ1) is 8.55. The van der Waals surface area contributed by atoms with E-state index in [0.717, 1.165) is 6.54 Å². The van der Waals surface area contributed by atoms with E-state index in [-0.39, 0.29) is 5.54 Å². The zero-order chi connectivity index (χ0) is 13.2. The summed E-state index contributed by atoms with van der Waals surface area (Å²) >= 11 is 0. The topological polar surface area (TPSA) is 38.0 Å². The molecule has 0 fully saturated rings. The van der Waals surface area contributed by atoms with Crippen LogP contribution in [0.5, 0.6) is 0 Å². The van der Waals surface area contributed by atoms with Gasteiger partial charge in [0.05, 0.1) is 0 Å². The van der Waals surface area contributed by atoms with Crippen LogP contribution in [0.3, 0.4) is 0 Å². The first-order valence-electron chi connectivity index (χ1n) is 7.11. The van der Waals surface area contributed by atoms with E-state index >= 15 is 0 Å². The fourth-order valence-electron chi connectivity index (χ4n) is 2.55. The quantitative estimate of drug-likeness (QED) is 0.838. The van der Waals surface area contributed by atoms with Crippen LogP contribution in [0.25, 0.3) is 0 Å². The Balaban J connectivity index is 2.02. The molecule has 2 heteroatoms. The summed E-state index contributed by atoms with van der Waals surface area (Å²) < 4.78 is 0. The van der Waals surface area contributed by atoms with Gasteiger partial charge in [-0.15, -0.1) is 0 Å². The maximum Gasteiger partial charge on any atom is 0.0301 e. The molecule has 2 nitrogen and oxygen atoms in total. The maximum absolute atomic E-state index is 5.90. The van der Waals surface area contributed by atoms with E-state index in [1.807, 2.05) is 0 Å². The van der Waals surface area contributed by atoms with Crippen LogP contribution >= 0.6 is 0 Å². The predicted octanol–water partition coefficient (Wildman–Crippen LogP) is 2.64. The Bertz CT molecular complexity index is 412. The Labute approximate surface area is 111 Å². The second kappa shape index (κ2) is 5.41. The first kappa shape index (κ1) is 13.6. The second-order valence-corrected chi connectivity index (χ2v) is 6.09. The smallest absolute Gasteiger partial charge is 0.0301 e. The fourth-order valence-corrected chi connectivity index (χ4v) is 2.55. The van der Waals surface area contributed by atoms with E-state index in [9.17, 15) is 0 Å². The maximum atomic E-state index is 5.90. The van der Waals surface area contributed by atoms with Crippen LogP contribution in [0.15, 0.2) is 18.2 Å². The summed E-state index contributed by atoms with van der Waals surface area (Å²) in [6.45, 7) is 8.25. The van der Waals surface area contributed by atoms with Crippen molar-refractivity contribution in [3.8, 4) is 0 Å². The summed E-state index contributed by atoms with van der Waals surface area (Å²) in [6, 6.07) is 6.93. The fraction of sp³-hybridized carbons (Fsp3) is 0.625. The molecule has 1 aliphatic rings. The lowest BCUT2D eigenvalue weighted by Crippen LogP contribution is -2.52. The molecule has 0 spiro atoms. The third kappa shape index (κ3) is 2.76. The molecule has 0 saturated heterocycles. The van der Waals surface area contributed by atoms with Gasteiger partial charge in [-0.05, 0) is 48.8 Å². The molecule has 100 valence electrons. The summed E-state index contributed by atoms with van der Waals surface area (Å²) in [6.07, 6.45) is 3.83. The van der Waals surface area contributed by atoms with Crippen LogP contribution in [0.4, 0.5) is 0 Å². The summed E-state index contributed by atoms with van der Waals surface area (Å²) in [5, 5.41) is 3.63. The Morgan fingerprint density at radius 1 is 1.28 bits per heavy atom. The molecule has 0 radical (unpaired) electrons. The molecule has 1 aliphatic carbocycles. The van der Waals surface area contributed by atoms with Crippen LogP contribution in [0, 0.1) is 5.92 Å². The van der Waals surface area contributed by atoms with Gasteiger partial charge in [0.2, 0.25) is 0 Å². The number of hydrogen-bond acceptors (Lipinski definition) is 2. The van der Waals surface area contributed by atoms with Gasteiger partial charge >= 0.3 is 0 Å². The molecule has 0 amide bonds. The van der Waals surface area contributed by atoms with E-state index in [4.69, 9.17) is 5.73 Å². The Morgan fingerprint density at radius 2 is 2.00 bits per heavy atom. The van der Waals surface area contributed by atoms with Crippen molar-refractivity contribution in [3.05, 3.63) is 34.9 Å². The summed E-state index contributed by atoms with van der Waals surface area (Å²) in [7, 11) is 0. The highest BCUT2D eigenvalue weighted by Crippen LogP contribution is 2.23. The molecule has 0 saturated carbocycles. The highest BCUT2D eigenvalue weighted by atomic mass is 15.0. The molecule has 0 aliphatic heterocycles. The van der Waals surface area contributed by atoms with Gasteiger partial charge < -0.3 is 11.1 Å². The van der Waals surface area contributed by atoms with Crippen LogP contribution in [0.1, 0.15) is 43.9 Å². The Kier molecular flexibility index (Phi) is 4.08. The minimum absolute atomic E-state index is 0.0268. The SMILES string of the molecule is CC(C)C(C)(CN)NCc1ccc2c(c1)CCC2. The molecule has 1 aromatic rings. The minimum atomic E-state index is 0.0268. The second-order valence-electron chi connectivity index (χ2n) is 6.09. The Morgan fingerprint density at radius 3 is 2.67 bits per heavy atom. The number of nitrogens with one attached hydrogen (secondary N) is 1. The molecule has 0 aromatic heterocycles. The molecule has 3 N–H and O–H groups in total. The average Bonchev–Trinajstić information content (AvgIpc) is 2.82. The van der Waals surface area contributed by atoms with Gasteiger partial charge in [-0.3, -0.25) is 0 Å². The third-order valence-corrected chi connectivity index (χ3v) is 4.56. The lowest BCUT2D eigenvalue weighted by atomic mass is 9.88. The van der Waals surface area contributed by atoms with E-state index in [1.165, 1.54) is 24.8 Å². The number of benzene rings is 1. The molecular formula is C16H26N2. The lowest BCUT2D eigenvalue weighted by molar-refractivity contribution is 0.267. The number of nitrogens with two attached hydrogens (primary N) is 1. The van der Waals surface area contributed by atoms with Crippen LogP contribution in [-0.4, -0.2) is 12.1 Å². The number of hydrogen-bond donors (Lipinski definition) is 2. The van der Waals surface area contributed by atoms with Crippen LogP contribution in [-0.2, 0) is 19.4 Å². The van der Waals surface area contributed by atoms with Gasteiger partial charge in [0.15, 0.2) is 0 Å². The van der Waals surface area contributed by atoms with Crippen molar-refractivity contribution in [2.75, 3.05) is 6.54 Å². The molecule has 0 heterocycles. The van der Waals surface area contributed by atoms with Gasteiger partial charge in [0.25, 0.3) is 0 Å². The normalized spacial score (nSPS) is 17.8. The molecular weight excluding hydrogens is 220 g/mol. The molecule has 1 atom stereocenters. The molecule has 2 rings (SSSR count). The standard InChI is InChI=1S/C16H26N2/c1-12(2)16(3,11-17)18-10-13-7-8-14-5-4-6-15(14)9-13/h7-9,12,18H,4-6,10-11,17H2,1-3H3. The third-order valence-electron chi connectivity index (χ3n) is 4.56. The summed E-state index contributed by atoms with van der Waals surface area (Å²) in [5.41, 5.74) is 10.4. The summed E-state index contributed by atoms with van der Waals surface area (Å²) in [4.78, 5) is 0.